The van der Waals surface area contributed by atoms with Gasteiger partial charge in [0.25, 0.3) is 0 Å². The van der Waals surface area contributed by atoms with Gasteiger partial charge in [0.05, 0.1) is 10.7 Å². The number of furan rings is 1. The molecule has 1 N–H and O–H groups in total. The minimum Gasteiger partial charge on any atom is -0.465 e. The van der Waals surface area contributed by atoms with Gasteiger partial charge in [0.1, 0.15) is 6.10 Å². The molecule has 0 saturated carbocycles. The van der Waals surface area contributed by atoms with Crippen molar-refractivity contribution in [2.24, 2.45) is 0 Å². The van der Waals surface area contributed by atoms with Crippen LogP contribution in [0.4, 0.5) is 0 Å². The summed E-state index contributed by atoms with van der Waals surface area (Å²) in [7, 11) is 0. The molecule has 1 unspecified atom stereocenters. The first-order valence-electron chi connectivity index (χ1n) is 4.76. The topological polar surface area (TPSA) is 33.4 Å². The highest BCUT2D eigenvalue weighted by Crippen LogP contribution is 2.31. The van der Waals surface area contributed by atoms with Crippen molar-refractivity contribution in [3.05, 3.63) is 56.9 Å². The predicted molar refractivity (Wildman–Crippen MR) is 66.7 cm³/mol. The van der Waals surface area contributed by atoms with Crippen LogP contribution in [0.5, 0.6) is 0 Å². The molecule has 4 heteroatoms. The number of benzene rings is 1. The molecule has 0 fully saturated rings. The molecule has 1 aromatic heterocycles. The summed E-state index contributed by atoms with van der Waals surface area (Å²) in [6, 6.07) is 7.13. The Balaban J connectivity index is 2.41. The number of aliphatic hydroxyl groups is 1. The summed E-state index contributed by atoms with van der Waals surface area (Å²) in [5.74, 6) is 0.505. The SMILES string of the molecule is Cc1cc(Cl)ccc1C(O)c1occc1Br. The van der Waals surface area contributed by atoms with Crippen molar-refractivity contribution in [3.63, 3.8) is 0 Å². The van der Waals surface area contributed by atoms with Crippen LogP contribution in [-0.4, -0.2) is 5.11 Å². The first-order chi connectivity index (χ1) is 7.59. The minimum atomic E-state index is -0.776. The number of halogens is 2. The summed E-state index contributed by atoms with van der Waals surface area (Å²) in [5, 5.41) is 10.8. The highest BCUT2D eigenvalue weighted by molar-refractivity contribution is 9.10. The van der Waals surface area contributed by atoms with Crippen molar-refractivity contribution in [2.45, 2.75) is 13.0 Å². The number of aryl methyl sites for hydroxylation is 1. The van der Waals surface area contributed by atoms with Crippen LogP contribution in [0.1, 0.15) is 23.0 Å². The fraction of sp³-hybridized carbons (Fsp3) is 0.167. The van der Waals surface area contributed by atoms with E-state index < -0.39 is 6.10 Å². The van der Waals surface area contributed by atoms with Gasteiger partial charge < -0.3 is 9.52 Å². The standard InChI is InChI=1S/C12H10BrClO2/c1-7-6-8(14)2-3-9(7)11(15)12-10(13)4-5-16-12/h2-6,11,15H,1H3. The lowest BCUT2D eigenvalue weighted by Gasteiger charge is -2.12. The van der Waals surface area contributed by atoms with Crippen molar-refractivity contribution in [3.8, 4) is 0 Å². The van der Waals surface area contributed by atoms with E-state index in [1.165, 1.54) is 6.26 Å². The maximum Gasteiger partial charge on any atom is 0.150 e. The molecule has 0 aliphatic carbocycles. The predicted octanol–water partition coefficient (Wildman–Crippen LogP) is 4.09. The van der Waals surface area contributed by atoms with Crippen LogP contribution in [0.3, 0.4) is 0 Å². The maximum absolute atomic E-state index is 10.2. The molecule has 2 rings (SSSR count). The molecule has 0 saturated heterocycles. The first-order valence-corrected chi connectivity index (χ1v) is 5.93. The van der Waals surface area contributed by atoms with Crippen LogP contribution < -0.4 is 0 Å². The quantitative estimate of drug-likeness (QED) is 0.906. The van der Waals surface area contributed by atoms with Gasteiger partial charge in [-0.2, -0.15) is 0 Å². The molecule has 84 valence electrons. The van der Waals surface area contributed by atoms with Gasteiger partial charge >= 0.3 is 0 Å². The van der Waals surface area contributed by atoms with Crippen LogP contribution in [0, 0.1) is 6.92 Å². The lowest BCUT2D eigenvalue weighted by molar-refractivity contribution is 0.187. The van der Waals surface area contributed by atoms with Crippen LogP contribution >= 0.6 is 27.5 Å². The van der Waals surface area contributed by atoms with E-state index in [2.05, 4.69) is 15.9 Å². The Morgan fingerprint density at radius 3 is 2.69 bits per heavy atom. The number of hydrogen-bond acceptors (Lipinski definition) is 2. The summed E-state index contributed by atoms with van der Waals surface area (Å²) in [6.07, 6.45) is 0.759. The van der Waals surface area contributed by atoms with Gasteiger partial charge in [0.15, 0.2) is 5.76 Å². The molecule has 0 bridgehead atoms. The van der Waals surface area contributed by atoms with Gasteiger partial charge in [-0.1, -0.05) is 17.7 Å². The largest absolute Gasteiger partial charge is 0.465 e. The second-order valence-electron chi connectivity index (χ2n) is 3.54. The third kappa shape index (κ3) is 2.17. The van der Waals surface area contributed by atoms with Gasteiger partial charge in [-0.3, -0.25) is 0 Å². The van der Waals surface area contributed by atoms with E-state index in [9.17, 15) is 5.11 Å². The molecule has 0 amide bonds. The zero-order valence-electron chi connectivity index (χ0n) is 8.58. The second-order valence-corrected chi connectivity index (χ2v) is 4.83. The molecule has 0 aliphatic rings. The number of aliphatic hydroxyl groups excluding tert-OH is 1. The Labute approximate surface area is 107 Å². The fourth-order valence-corrected chi connectivity index (χ4v) is 2.23. The van der Waals surface area contributed by atoms with Gasteiger partial charge in [-0.05, 0) is 52.2 Å². The van der Waals surface area contributed by atoms with E-state index in [4.69, 9.17) is 16.0 Å². The molecule has 2 nitrogen and oxygen atoms in total. The average molecular weight is 302 g/mol. The average Bonchev–Trinajstić information content (AvgIpc) is 2.63. The molecular weight excluding hydrogens is 291 g/mol. The zero-order valence-corrected chi connectivity index (χ0v) is 10.9. The summed E-state index contributed by atoms with van der Waals surface area (Å²) in [5.41, 5.74) is 1.73. The summed E-state index contributed by atoms with van der Waals surface area (Å²) in [6.45, 7) is 1.90. The lowest BCUT2D eigenvalue weighted by Crippen LogP contribution is -2.01. The minimum absolute atomic E-state index is 0.505. The van der Waals surface area contributed by atoms with E-state index in [0.29, 0.717) is 10.8 Å². The van der Waals surface area contributed by atoms with Crippen LogP contribution in [0.15, 0.2) is 39.4 Å². The molecule has 1 atom stereocenters. The Hall–Kier alpha value is -0.770. The summed E-state index contributed by atoms with van der Waals surface area (Å²) in [4.78, 5) is 0. The van der Waals surface area contributed by atoms with Crippen molar-refractivity contribution in [2.75, 3.05) is 0 Å². The molecule has 2 aromatic rings. The van der Waals surface area contributed by atoms with Crippen molar-refractivity contribution >= 4 is 27.5 Å². The van der Waals surface area contributed by atoms with Crippen LogP contribution in [0.25, 0.3) is 0 Å². The van der Waals surface area contributed by atoms with E-state index in [-0.39, 0.29) is 0 Å². The highest BCUT2D eigenvalue weighted by Gasteiger charge is 2.18. The highest BCUT2D eigenvalue weighted by atomic mass is 79.9. The van der Waals surface area contributed by atoms with Crippen LogP contribution in [0.2, 0.25) is 5.02 Å². The van der Waals surface area contributed by atoms with Gasteiger partial charge in [-0.25, -0.2) is 0 Å². The van der Waals surface area contributed by atoms with Crippen molar-refractivity contribution in [1.29, 1.82) is 0 Å². The summed E-state index contributed by atoms with van der Waals surface area (Å²) >= 11 is 9.19. The third-order valence-electron chi connectivity index (χ3n) is 2.42. The molecule has 0 aliphatic heterocycles. The van der Waals surface area contributed by atoms with E-state index in [1.807, 2.05) is 13.0 Å². The Morgan fingerprint density at radius 2 is 2.12 bits per heavy atom. The second kappa shape index (κ2) is 4.62. The molecule has 16 heavy (non-hydrogen) atoms. The lowest BCUT2D eigenvalue weighted by atomic mass is 10.0. The molecule has 0 spiro atoms. The molecule has 0 radical (unpaired) electrons. The molecule has 1 heterocycles. The van der Waals surface area contributed by atoms with E-state index >= 15 is 0 Å². The zero-order chi connectivity index (χ0) is 11.7. The molecule has 1 aromatic carbocycles. The third-order valence-corrected chi connectivity index (χ3v) is 3.31. The summed E-state index contributed by atoms with van der Waals surface area (Å²) < 4.78 is 5.99. The Morgan fingerprint density at radius 1 is 1.38 bits per heavy atom. The number of hydrogen-bond donors (Lipinski definition) is 1. The normalized spacial score (nSPS) is 12.8. The number of rotatable bonds is 2. The first kappa shape index (κ1) is 11.7. The van der Waals surface area contributed by atoms with Crippen molar-refractivity contribution in [1.82, 2.24) is 0 Å². The maximum atomic E-state index is 10.2. The van der Waals surface area contributed by atoms with Crippen molar-refractivity contribution < 1.29 is 9.52 Å². The van der Waals surface area contributed by atoms with E-state index in [0.717, 1.165) is 15.6 Å². The smallest absolute Gasteiger partial charge is 0.150 e. The van der Waals surface area contributed by atoms with Gasteiger partial charge in [0, 0.05) is 5.02 Å². The fourth-order valence-electron chi connectivity index (χ4n) is 1.59. The van der Waals surface area contributed by atoms with Gasteiger partial charge in [-0.15, -0.1) is 0 Å². The van der Waals surface area contributed by atoms with Crippen LogP contribution in [-0.2, 0) is 0 Å². The Kier molecular flexibility index (Phi) is 3.38. The Bertz CT molecular complexity index is 507. The van der Waals surface area contributed by atoms with Gasteiger partial charge in [0.2, 0.25) is 0 Å². The molecular formula is C12H10BrClO2. The monoisotopic (exact) mass is 300 g/mol. The van der Waals surface area contributed by atoms with E-state index in [1.54, 1.807) is 18.2 Å².